The number of benzene rings is 2. The average Bonchev–Trinajstić information content (AvgIpc) is 2.79. The van der Waals surface area contributed by atoms with E-state index in [9.17, 15) is 14.9 Å². The van der Waals surface area contributed by atoms with Crippen LogP contribution in [0.3, 0.4) is 0 Å². The lowest BCUT2D eigenvalue weighted by Crippen LogP contribution is -2.33. The summed E-state index contributed by atoms with van der Waals surface area (Å²) in [6.45, 7) is 4.25. The highest BCUT2D eigenvalue weighted by molar-refractivity contribution is 6.34. The summed E-state index contributed by atoms with van der Waals surface area (Å²) >= 11 is 6.06. The monoisotopic (exact) mass is 451 g/mol. The van der Waals surface area contributed by atoms with Gasteiger partial charge in [-0.15, -0.1) is 10.2 Å². The minimum atomic E-state index is -0.560. The molecule has 1 aliphatic rings. The van der Waals surface area contributed by atoms with E-state index in [1.807, 2.05) is 24.3 Å². The van der Waals surface area contributed by atoms with Gasteiger partial charge in [0.15, 0.2) is 5.82 Å². The van der Waals surface area contributed by atoms with Crippen LogP contribution in [-0.2, 0) is 0 Å². The SMILES string of the molecule is CC1CCN(c2ccc(-c3cccc(NC(=O)c4ccc([N+](=O)[O-])cc4Cl)c3)nn2)CC1. The van der Waals surface area contributed by atoms with Crippen molar-refractivity contribution in [2.24, 2.45) is 5.92 Å². The Morgan fingerprint density at radius 2 is 1.91 bits per heavy atom. The van der Waals surface area contributed by atoms with Gasteiger partial charge in [-0.1, -0.05) is 30.7 Å². The van der Waals surface area contributed by atoms with Gasteiger partial charge in [0.2, 0.25) is 0 Å². The van der Waals surface area contributed by atoms with Crippen LogP contribution >= 0.6 is 11.6 Å². The number of carbonyl (C=O) groups is 1. The minimum absolute atomic E-state index is 0.0152. The lowest BCUT2D eigenvalue weighted by atomic mass is 9.99. The molecule has 4 rings (SSSR count). The van der Waals surface area contributed by atoms with E-state index < -0.39 is 10.8 Å². The zero-order valence-electron chi connectivity index (χ0n) is 17.5. The Labute approximate surface area is 190 Å². The van der Waals surface area contributed by atoms with Crippen molar-refractivity contribution in [1.29, 1.82) is 0 Å². The lowest BCUT2D eigenvalue weighted by Gasteiger charge is -2.30. The first-order valence-corrected chi connectivity index (χ1v) is 10.7. The van der Waals surface area contributed by atoms with Crippen molar-refractivity contribution < 1.29 is 9.72 Å². The Kier molecular flexibility index (Phi) is 6.32. The van der Waals surface area contributed by atoms with Crippen LogP contribution in [0.15, 0.2) is 54.6 Å². The fourth-order valence-electron chi connectivity index (χ4n) is 3.64. The molecule has 2 aromatic carbocycles. The van der Waals surface area contributed by atoms with Gasteiger partial charge in [-0.25, -0.2) is 0 Å². The molecule has 0 unspecified atom stereocenters. The Bertz CT molecular complexity index is 1140. The second-order valence-electron chi connectivity index (χ2n) is 7.90. The van der Waals surface area contributed by atoms with Gasteiger partial charge in [0.05, 0.1) is 21.2 Å². The molecule has 0 atom stereocenters. The number of halogens is 1. The van der Waals surface area contributed by atoms with E-state index in [-0.39, 0.29) is 16.3 Å². The number of nitro benzene ring substituents is 1. The van der Waals surface area contributed by atoms with Crippen LogP contribution < -0.4 is 10.2 Å². The zero-order valence-corrected chi connectivity index (χ0v) is 18.2. The number of carbonyl (C=O) groups excluding carboxylic acids is 1. The van der Waals surface area contributed by atoms with E-state index in [1.54, 1.807) is 12.1 Å². The summed E-state index contributed by atoms with van der Waals surface area (Å²) in [5.74, 6) is 1.16. The molecule has 1 saturated heterocycles. The maximum absolute atomic E-state index is 12.6. The molecule has 0 saturated carbocycles. The summed E-state index contributed by atoms with van der Waals surface area (Å²) in [5, 5.41) is 22.4. The van der Waals surface area contributed by atoms with Crippen molar-refractivity contribution in [3.8, 4) is 11.3 Å². The fraction of sp³-hybridized carbons (Fsp3) is 0.261. The number of nitro groups is 1. The molecule has 3 aromatic rings. The van der Waals surface area contributed by atoms with Gasteiger partial charge in [-0.2, -0.15) is 0 Å². The number of rotatable bonds is 5. The Balaban J connectivity index is 1.48. The summed E-state index contributed by atoms with van der Waals surface area (Å²) in [5.41, 5.74) is 2.04. The van der Waals surface area contributed by atoms with Crippen molar-refractivity contribution >= 4 is 34.7 Å². The molecule has 0 bridgehead atoms. The number of nitrogens with one attached hydrogen (secondary N) is 1. The maximum Gasteiger partial charge on any atom is 0.270 e. The topological polar surface area (TPSA) is 101 Å². The Morgan fingerprint density at radius 3 is 2.56 bits per heavy atom. The van der Waals surface area contributed by atoms with Crippen LogP contribution in [0.4, 0.5) is 17.2 Å². The summed E-state index contributed by atoms with van der Waals surface area (Å²) in [7, 11) is 0. The van der Waals surface area contributed by atoms with E-state index in [0.29, 0.717) is 11.4 Å². The molecule has 0 radical (unpaired) electrons. The van der Waals surface area contributed by atoms with Gasteiger partial charge in [0.1, 0.15) is 0 Å². The Hall–Kier alpha value is -3.52. The van der Waals surface area contributed by atoms with Gasteiger partial charge in [-0.05, 0) is 49.1 Å². The molecule has 9 heteroatoms. The van der Waals surface area contributed by atoms with E-state index in [1.165, 1.54) is 12.1 Å². The molecule has 1 fully saturated rings. The van der Waals surface area contributed by atoms with E-state index >= 15 is 0 Å². The largest absolute Gasteiger partial charge is 0.355 e. The summed E-state index contributed by atoms with van der Waals surface area (Å²) in [6, 6.07) is 14.9. The fourth-order valence-corrected chi connectivity index (χ4v) is 3.90. The van der Waals surface area contributed by atoms with Crippen LogP contribution in [0.1, 0.15) is 30.1 Å². The van der Waals surface area contributed by atoms with Crippen molar-refractivity contribution in [3.63, 3.8) is 0 Å². The highest BCUT2D eigenvalue weighted by Gasteiger charge is 2.18. The van der Waals surface area contributed by atoms with Crippen LogP contribution in [0.2, 0.25) is 5.02 Å². The molecule has 8 nitrogen and oxygen atoms in total. The highest BCUT2D eigenvalue weighted by Crippen LogP contribution is 2.26. The molecule has 1 aromatic heterocycles. The van der Waals surface area contributed by atoms with Crippen molar-refractivity contribution in [2.45, 2.75) is 19.8 Å². The normalized spacial score (nSPS) is 14.2. The van der Waals surface area contributed by atoms with Gasteiger partial charge in [0, 0.05) is 36.5 Å². The smallest absolute Gasteiger partial charge is 0.270 e. The van der Waals surface area contributed by atoms with E-state index in [4.69, 9.17) is 11.6 Å². The molecule has 2 heterocycles. The molecule has 32 heavy (non-hydrogen) atoms. The average molecular weight is 452 g/mol. The predicted molar refractivity (Wildman–Crippen MR) is 124 cm³/mol. The van der Waals surface area contributed by atoms with Crippen molar-refractivity contribution in [3.05, 3.63) is 75.3 Å². The molecule has 0 spiro atoms. The van der Waals surface area contributed by atoms with Crippen LogP contribution in [0, 0.1) is 16.0 Å². The third kappa shape index (κ3) is 4.86. The van der Waals surface area contributed by atoms with E-state index in [2.05, 4.69) is 27.3 Å². The second-order valence-corrected chi connectivity index (χ2v) is 8.31. The van der Waals surface area contributed by atoms with Gasteiger partial charge in [0.25, 0.3) is 11.6 Å². The minimum Gasteiger partial charge on any atom is -0.355 e. The molecule has 164 valence electrons. The molecule has 1 aliphatic heterocycles. The van der Waals surface area contributed by atoms with Crippen molar-refractivity contribution in [2.75, 3.05) is 23.3 Å². The van der Waals surface area contributed by atoms with Gasteiger partial charge < -0.3 is 10.2 Å². The number of piperidine rings is 1. The number of hydrogen-bond donors (Lipinski definition) is 1. The molecule has 0 aliphatic carbocycles. The summed E-state index contributed by atoms with van der Waals surface area (Å²) < 4.78 is 0. The van der Waals surface area contributed by atoms with Gasteiger partial charge >= 0.3 is 0 Å². The first kappa shape index (κ1) is 21.7. The van der Waals surface area contributed by atoms with Crippen LogP contribution in [0.5, 0.6) is 0 Å². The van der Waals surface area contributed by atoms with E-state index in [0.717, 1.165) is 49.3 Å². The molecule has 1 N–H and O–H groups in total. The van der Waals surface area contributed by atoms with Crippen molar-refractivity contribution in [1.82, 2.24) is 10.2 Å². The number of nitrogens with zero attached hydrogens (tertiary/aromatic N) is 4. The third-order valence-electron chi connectivity index (χ3n) is 5.58. The van der Waals surface area contributed by atoms with Crippen LogP contribution in [-0.4, -0.2) is 34.1 Å². The number of hydrogen-bond acceptors (Lipinski definition) is 6. The molecular formula is C23H22ClN5O3. The first-order valence-electron chi connectivity index (χ1n) is 10.3. The van der Waals surface area contributed by atoms with Gasteiger partial charge in [-0.3, -0.25) is 14.9 Å². The number of amides is 1. The second kappa shape index (κ2) is 9.32. The highest BCUT2D eigenvalue weighted by atomic mass is 35.5. The number of aromatic nitrogens is 2. The molecule has 1 amide bonds. The summed E-state index contributed by atoms with van der Waals surface area (Å²) in [6.07, 6.45) is 2.31. The van der Waals surface area contributed by atoms with Crippen LogP contribution in [0.25, 0.3) is 11.3 Å². The Morgan fingerprint density at radius 1 is 1.12 bits per heavy atom. The first-order chi connectivity index (χ1) is 15.4. The summed E-state index contributed by atoms with van der Waals surface area (Å²) in [4.78, 5) is 25.2. The third-order valence-corrected chi connectivity index (χ3v) is 5.90. The quantitative estimate of drug-likeness (QED) is 0.423. The predicted octanol–water partition coefficient (Wildman–Crippen LogP) is 5.19. The lowest BCUT2D eigenvalue weighted by molar-refractivity contribution is -0.384. The number of non-ortho nitro benzene ring substituents is 1. The molecular weight excluding hydrogens is 430 g/mol. The zero-order chi connectivity index (χ0) is 22.7. The standard InChI is InChI=1S/C23H22ClN5O3/c1-15-9-11-28(12-10-15)22-8-7-21(26-27-22)16-3-2-4-17(13-16)25-23(30)19-6-5-18(29(31)32)14-20(19)24/h2-8,13-15H,9-12H2,1H3,(H,25,30). The maximum atomic E-state index is 12.6. The number of anilines is 2.